The molecule has 1 aromatic heterocycles. The number of rotatable bonds is 3. The summed E-state index contributed by atoms with van der Waals surface area (Å²) in [7, 11) is 0. The van der Waals surface area contributed by atoms with Crippen LogP contribution in [0.1, 0.15) is 5.56 Å². The normalized spacial score (nSPS) is 11.0. The smallest absolute Gasteiger partial charge is 0.379 e. The van der Waals surface area contributed by atoms with Crippen molar-refractivity contribution in [3.05, 3.63) is 88.8 Å². The van der Waals surface area contributed by atoms with Gasteiger partial charge in [0.25, 0.3) is 0 Å². The fourth-order valence-electron chi connectivity index (χ4n) is 2.67. The van der Waals surface area contributed by atoms with Crippen LogP contribution in [-0.2, 0) is 6.61 Å². The van der Waals surface area contributed by atoms with Crippen LogP contribution in [0.15, 0.2) is 82.0 Å². The lowest BCUT2D eigenvalue weighted by Crippen LogP contribution is -2.06. The predicted octanol–water partition coefficient (Wildman–Crippen LogP) is 4.53. The topological polar surface area (TPSA) is 39.4 Å². The van der Waals surface area contributed by atoms with Crippen molar-refractivity contribution < 1.29 is 9.15 Å². The molecule has 0 amide bonds. The minimum absolute atomic E-state index is 0.233. The van der Waals surface area contributed by atoms with E-state index >= 15 is 0 Å². The van der Waals surface area contributed by atoms with Gasteiger partial charge in [-0.3, -0.25) is 0 Å². The van der Waals surface area contributed by atoms with Crippen LogP contribution in [-0.4, -0.2) is 0 Å². The third-order valence-electron chi connectivity index (χ3n) is 3.83. The van der Waals surface area contributed by atoms with Crippen molar-refractivity contribution in [2.75, 3.05) is 0 Å². The van der Waals surface area contributed by atoms with Gasteiger partial charge in [0.2, 0.25) is 5.75 Å². The van der Waals surface area contributed by atoms with Crippen LogP contribution in [0.5, 0.6) is 5.75 Å². The Balaban J connectivity index is 1.75. The minimum Gasteiger partial charge on any atom is -0.482 e. The highest BCUT2D eigenvalue weighted by Gasteiger charge is 2.09. The summed E-state index contributed by atoms with van der Waals surface area (Å²) in [5.41, 5.74) is 1.15. The van der Waals surface area contributed by atoms with E-state index in [1.807, 2.05) is 66.7 Å². The lowest BCUT2D eigenvalue weighted by Gasteiger charge is -2.07. The summed E-state index contributed by atoms with van der Waals surface area (Å²) in [6.45, 7) is 0.338. The van der Waals surface area contributed by atoms with Crippen LogP contribution in [0, 0.1) is 0 Å². The van der Waals surface area contributed by atoms with Crippen molar-refractivity contribution in [1.29, 1.82) is 0 Å². The molecular weight excluding hydrogens is 288 g/mol. The van der Waals surface area contributed by atoms with E-state index in [1.54, 1.807) is 6.07 Å². The van der Waals surface area contributed by atoms with Gasteiger partial charge in [-0.1, -0.05) is 66.7 Å². The van der Waals surface area contributed by atoms with Gasteiger partial charge in [-0.15, -0.1) is 0 Å². The Morgan fingerprint density at radius 1 is 0.826 bits per heavy atom. The van der Waals surface area contributed by atoms with Gasteiger partial charge >= 0.3 is 5.63 Å². The zero-order valence-corrected chi connectivity index (χ0v) is 12.4. The second-order valence-electron chi connectivity index (χ2n) is 5.38. The average molecular weight is 302 g/mol. The molecule has 0 N–H and O–H groups in total. The summed E-state index contributed by atoms with van der Waals surface area (Å²) < 4.78 is 11.2. The van der Waals surface area contributed by atoms with Crippen LogP contribution in [0.3, 0.4) is 0 Å². The lowest BCUT2D eigenvalue weighted by atomic mass is 10.1. The first-order valence-corrected chi connectivity index (χ1v) is 7.43. The zero-order valence-electron chi connectivity index (χ0n) is 12.4. The van der Waals surface area contributed by atoms with E-state index in [1.165, 1.54) is 0 Å². The molecule has 4 aromatic rings. The van der Waals surface area contributed by atoms with Crippen LogP contribution in [0.25, 0.3) is 21.7 Å². The molecule has 0 saturated heterocycles. The van der Waals surface area contributed by atoms with E-state index in [9.17, 15) is 4.79 Å². The monoisotopic (exact) mass is 302 g/mol. The summed E-state index contributed by atoms with van der Waals surface area (Å²) >= 11 is 0. The molecule has 0 unspecified atom stereocenters. The van der Waals surface area contributed by atoms with E-state index in [4.69, 9.17) is 9.15 Å². The number of benzene rings is 3. The molecule has 0 radical (unpaired) electrons. The molecule has 23 heavy (non-hydrogen) atoms. The highest BCUT2D eigenvalue weighted by Crippen LogP contribution is 2.26. The molecule has 0 fully saturated rings. The van der Waals surface area contributed by atoms with Crippen LogP contribution in [0.4, 0.5) is 0 Å². The van der Waals surface area contributed by atoms with Crippen molar-refractivity contribution in [3.63, 3.8) is 0 Å². The van der Waals surface area contributed by atoms with Gasteiger partial charge in [0.1, 0.15) is 12.2 Å². The van der Waals surface area contributed by atoms with Crippen molar-refractivity contribution >= 4 is 21.7 Å². The Morgan fingerprint density at radius 2 is 1.57 bits per heavy atom. The SMILES string of the molecule is O=c1oc2c(ccc3ccccc32)cc1OCc1ccccc1. The fraction of sp³-hybridized carbons (Fsp3) is 0.0500. The number of ether oxygens (including phenoxy) is 1. The summed E-state index contributed by atoms with van der Waals surface area (Å²) in [6, 6.07) is 23.3. The van der Waals surface area contributed by atoms with Crippen molar-refractivity contribution in [2.45, 2.75) is 6.61 Å². The molecule has 0 atom stereocenters. The molecule has 0 aliphatic carbocycles. The Hall–Kier alpha value is -3.07. The first-order valence-electron chi connectivity index (χ1n) is 7.43. The van der Waals surface area contributed by atoms with Crippen LogP contribution in [0.2, 0.25) is 0 Å². The molecule has 3 aromatic carbocycles. The van der Waals surface area contributed by atoms with Gasteiger partial charge in [-0.25, -0.2) is 4.79 Å². The maximum atomic E-state index is 12.2. The van der Waals surface area contributed by atoms with Crippen LogP contribution >= 0.6 is 0 Å². The molecule has 0 aliphatic heterocycles. The lowest BCUT2D eigenvalue weighted by molar-refractivity contribution is 0.291. The maximum absolute atomic E-state index is 12.2. The second-order valence-corrected chi connectivity index (χ2v) is 5.38. The first-order chi connectivity index (χ1) is 11.3. The molecule has 3 heteroatoms. The molecule has 0 saturated carbocycles. The van der Waals surface area contributed by atoms with E-state index in [0.717, 1.165) is 21.7 Å². The molecule has 112 valence electrons. The molecule has 0 bridgehead atoms. The van der Waals surface area contributed by atoms with Gasteiger partial charge in [0.05, 0.1) is 0 Å². The Kier molecular flexibility index (Phi) is 3.31. The van der Waals surface area contributed by atoms with Crippen molar-refractivity contribution in [2.24, 2.45) is 0 Å². The van der Waals surface area contributed by atoms with Crippen molar-refractivity contribution in [1.82, 2.24) is 0 Å². The van der Waals surface area contributed by atoms with Gasteiger partial charge < -0.3 is 9.15 Å². The summed E-state index contributed by atoms with van der Waals surface area (Å²) in [5, 5.41) is 2.82. The van der Waals surface area contributed by atoms with E-state index in [-0.39, 0.29) is 5.75 Å². The van der Waals surface area contributed by atoms with E-state index < -0.39 is 5.63 Å². The van der Waals surface area contributed by atoms with Crippen LogP contribution < -0.4 is 10.4 Å². The highest BCUT2D eigenvalue weighted by molar-refractivity contribution is 6.04. The van der Waals surface area contributed by atoms with Crippen molar-refractivity contribution in [3.8, 4) is 5.75 Å². The standard InChI is InChI=1S/C20H14O3/c21-20-18(22-13-14-6-2-1-3-7-14)12-16-11-10-15-8-4-5-9-17(15)19(16)23-20/h1-12H,13H2. The third kappa shape index (κ3) is 2.57. The summed E-state index contributed by atoms with van der Waals surface area (Å²) in [6.07, 6.45) is 0. The molecular formula is C20H14O3. The Morgan fingerprint density at radius 3 is 2.43 bits per heavy atom. The number of hydrogen-bond donors (Lipinski definition) is 0. The molecule has 3 nitrogen and oxygen atoms in total. The third-order valence-corrected chi connectivity index (χ3v) is 3.83. The average Bonchev–Trinajstić information content (AvgIpc) is 2.61. The molecule has 0 aliphatic rings. The summed E-state index contributed by atoms with van der Waals surface area (Å²) in [5.74, 6) is 0.233. The maximum Gasteiger partial charge on any atom is 0.379 e. The van der Waals surface area contributed by atoms with Gasteiger partial charge in [0, 0.05) is 10.8 Å². The van der Waals surface area contributed by atoms with Gasteiger partial charge in [-0.05, 0) is 17.0 Å². The van der Waals surface area contributed by atoms with E-state index in [0.29, 0.717) is 12.2 Å². The van der Waals surface area contributed by atoms with E-state index in [2.05, 4.69) is 0 Å². The first kappa shape index (κ1) is 13.6. The minimum atomic E-state index is -0.454. The molecule has 4 rings (SSSR count). The Labute approximate surface area is 132 Å². The Bertz CT molecular complexity index is 1030. The van der Waals surface area contributed by atoms with Gasteiger partial charge in [0.15, 0.2) is 0 Å². The quantitative estimate of drug-likeness (QED) is 0.412. The highest BCUT2D eigenvalue weighted by atomic mass is 16.5. The largest absolute Gasteiger partial charge is 0.482 e. The number of fused-ring (bicyclic) bond motifs is 3. The fourth-order valence-corrected chi connectivity index (χ4v) is 2.67. The second kappa shape index (κ2) is 5.61. The molecule has 0 spiro atoms. The zero-order chi connectivity index (χ0) is 15.6. The number of hydrogen-bond acceptors (Lipinski definition) is 3. The predicted molar refractivity (Wildman–Crippen MR) is 90.8 cm³/mol. The molecule has 1 heterocycles. The van der Waals surface area contributed by atoms with Gasteiger partial charge in [-0.2, -0.15) is 0 Å². The summed E-state index contributed by atoms with van der Waals surface area (Å²) in [4.78, 5) is 12.2.